The lowest BCUT2D eigenvalue weighted by Gasteiger charge is -2.21. The first kappa shape index (κ1) is 90.1. The molecule has 0 saturated heterocycles. The maximum atomic E-state index is 13.1. The molecule has 0 rings (SSSR count). The van der Waals surface area contributed by atoms with E-state index in [0.717, 1.165) is 108 Å². The van der Waals surface area contributed by atoms with E-state index in [4.69, 9.17) is 37.0 Å². The van der Waals surface area contributed by atoms with Crippen LogP contribution in [0.4, 0.5) is 0 Å². The summed E-state index contributed by atoms with van der Waals surface area (Å²) in [5, 5.41) is 10.6. The maximum Gasteiger partial charge on any atom is 0.472 e. The van der Waals surface area contributed by atoms with Crippen LogP contribution in [0.2, 0.25) is 0 Å². The van der Waals surface area contributed by atoms with Gasteiger partial charge >= 0.3 is 39.5 Å². The minimum Gasteiger partial charge on any atom is -0.462 e. The molecule has 0 aliphatic carbocycles. The summed E-state index contributed by atoms with van der Waals surface area (Å²) in [6, 6.07) is 0. The second-order valence-corrected chi connectivity index (χ2v) is 30.7. The van der Waals surface area contributed by atoms with E-state index in [1.807, 2.05) is 0 Å². The minimum atomic E-state index is -4.96. The van der Waals surface area contributed by atoms with E-state index in [2.05, 4.69) is 48.5 Å². The first-order valence-electron chi connectivity index (χ1n) is 37.8. The Bertz CT molecular complexity index is 1800. The third-order valence-electron chi connectivity index (χ3n) is 16.9. The van der Waals surface area contributed by atoms with Crippen LogP contribution in [-0.4, -0.2) is 96.7 Å². The van der Waals surface area contributed by atoms with E-state index in [9.17, 15) is 43.2 Å². The molecule has 0 aromatic heterocycles. The van der Waals surface area contributed by atoms with Gasteiger partial charge in [-0.2, -0.15) is 0 Å². The van der Waals surface area contributed by atoms with Crippen LogP contribution in [0.3, 0.4) is 0 Å². The Labute approximate surface area is 562 Å². The molecule has 17 nitrogen and oxygen atoms in total. The quantitative estimate of drug-likeness (QED) is 0.0222. The van der Waals surface area contributed by atoms with Crippen molar-refractivity contribution in [3.63, 3.8) is 0 Å². The van der Waals surface area contributed by atoms with E-state index in [0.29, 0.717) is 25.7 Å². The Hall–Kier alpha value is -1.94. The van der Waals surface area contributed by atoms with Crippen LogP contribution in [0.5, 0.6) is 0 Å². The molecular formula is C73H142O17P2. The van der Waals surface area contributed by atoms with E-state index >= 15 is 0 Å². The number of unbranched alkanes of at least 4 members (excludes halogenated alkanes) is 39. The summed E-state index contributed by atoms with van der Waals surface area (Å²) >= 11 is 0. The zero-order valence-electron chi connectivity index (χ0n) is 60.0. The van der Waals surface area contributed by atoms with Crippen molar-refractivity contribution in [2.24, 2.45) is 17.8 Å². The molecule has 0 aliphatic heterocycles. The Balaban J connectivity index is 5.25. The van der Waals surface area contributed by atoms with Crippen molar-refractivity contribution in [2.75, 3.05) is 39.6 Å². The standard InChI is InChI=1S/C73H142O17P2/c1-8-9-10-11-12-13-18-25-33-40-47-54-70(75)83-61-69(90-73(78)57-50-43-36-29-28-32-39-46-53-66(6)7)63-88-92(81,82)86-59-67(74)58-85-91(79,80)87-62-68(60-84-71(76)55-48-41-34-26-22-17-20-24-31-38-45-52-65(4)5)89-72(77)56-49-42-35-27-21-16-14-15-19-23-30-37-44-51-64(2)3/h64-69,74H,8-63H2,1-7H3,(H,79,80)(H,81,82)/t67-,68-,69-/m1/s1. The summed E-state index contributed by atoms with van der Waals surface area (Å²) in [6.45, 7) is 11.9. The number of phosphoric ester groups is 2. The highest BCUT2D eigenvalue weighted by atomic mass is 31.2. The molecule has 0 spiro atoms. The molecule has 2 unspecified atom stereocenters. The van der Waals surface area contributed by atoms with Crippen LogP contribution in [0.25, 0.3) is 0 Å². The maximum absolute atomic E-state index is 13.1. The molecule has 546 valence electrons. The second-order valence-electron chi connectivity index (χ2n) is 27.8. The SMILES string of the molecule is CCCCCCCCCCCCCC(=O)OC[C@H](COP(=O)(O)OC[C@H](O)COP(=O)(O)OC[C@@H](COC(=O)CCCCCCCCCCCCCC(C)C)OC(=O)CCCCCCCCCCCCCCCC(C)C)OC(=O)CCCCCCCCCCC(C)C. The van der Waals surface area contributed by atoms with Gasteiger partial charge in [-0.3, -0.25) is 37.3 Å². The molecule has 0 aliphatic rings. The molecule has 0 aromatic carbocycles. The van der Waals surface area contributed by atoms with Crippen molar-refractivity contribution in [3.05, 3.63) is 0 Å². The summed E-state index contributed by atoms with van der Waals surface area (Å²) in [5.74, 6) is 0.154. The van der Waals surface area contributed by atoms with Crippen LogP contribution >= 0.6 is 15.6 Å². The third kappa shape index (κ3) is 66.7. The molecule has 0 bridgehead atoms. The van der Waals surface area contributed by atoms with Gasteiger partial charge in [-0.25, -0.2) is 9.13 Å². The second kappa shape index (κ2) is 63.8. The number of hydrogen-bond acceptors (Lipinski definition) is 15. The lowest BCUT2D eigenvalue weighted by molar-refractivity contribution is -0.161. The lowest BCUT2D eigenvalue weighted by Crippen LogP contribution is -2.30. The van der Waals surface area contributed by atoms with Crippen LogP contribution in [-0.2, 0) is 65.4 Å². The Morgan fingerprint density at radius 3 is 0.739 bits per heavy atom. The van der Waals surface area contributed by atoms with Gasteiger partial charge in [0, 0.05) is 25.7 Å². The van der Waals surface area contributed by atoms with Gasteiger partial charge in [0.15, 0.2) is 12.2 Å². The highest BCUT2D eigenvalue weighted by molar-refractivity contribution is 7.47. The molecule has 0 amide bonds. The fourth-order valence-corrected chi connectivity index (χ4v) is 12.7. The monoisotopic (exact) mass is 1350 g/mol. The number of esters is 4. The normalized spacial score (nSPS) is 14.1. The Morgan fingerprint density at radius 1 is 0.293 bits per heavy atom. The van der Waals surface area contributed by atoms with Crippen molar-refractivity contribution >= 4 is 39.5 Å². The molecule has 0 fully saturated rings. The van der Waals surface area contributed by atoms with Crippen molar-refractivity contribution in [2.45, 2.75) is 388 Å². The van der Waals surface area contributed by atoms with E-state index in [-0.39, 0.29) is 25.7 Å². The topological polar surface area (TPSA) is 237 Å². The zero-order chi connectivity index (χ0) is 68.0. The molecule has 92 heavy (non-hydrogen) atoms. The minimum absolute atomic E-state index is 0.105. The number of phosphoric acid groups is 2. The number of ether oxygens (including phenoxy) is 4. The number of carbonyl (C=O) groups is 4. The average Bonchev–Trinajstić information content (AvgIpc) is 1.46. The molecule has 5 atom stereocenters. The van der Waals surface area contributed by atoms with Gasteiger partial charge in [0.2, 0.25) is 0 Å². The largest absolute Gasteiger partial charge is 0.472 e. The van der Waals surface area contributed by atoms with Crippen molar-refractivity contribution in [3.8, 4) is 0 Å². The number of carbonyl (C=O) groups excluding carboxylic acids is 4. The van der Waals surface area contributed by atoms with Crippen LogP contribution in [0.15, 0.2) is 0 Å². The first-order chi connectivity index (χ1) is 44.2. The molecule has 0 radical (unpaired) electrons. The number of rotatable bonds is 71. The lowest BCUT2D eigenvalue weighted by atomic mass is 10.0. The summed E-state index contributed by atoms with van der Waals surface area (Å²) < 4.78 is 68.4. The average molecular weight is 1350 g/mol. The van der Waals surface area contributed by atoms with Gasteiger partial charge in [0.25, 0.3) is 0 Å². The van der Waals surface area contributed by atoms with Gasteiger partial charge in [0.05, 0.1) is 26.4 Å². The van der Waals surface area contributed by atoms with Gasteiger partial charge < -0.3 is 33.8 Å². The molecule has 0 heterocycles. The number of aliphatic hydroxyl groups is 1. The smallest absolute Gasteiger partial charge is 0.462 e. The Kier molecular flexibility index (Phi) is 62.4. The molecule has 0 aromatic rings. The third-order valence-corrected chi connectivity index (χ3v) is 18.8. The predicted octanol–water partition coefficient (Wildman–Crippen LogP) is 21.0. The zero-order valence-corrected chi connectivity index (χ0v) is 61.8. The van der Waals surface area contributed by atoms with Gasteiger partial charge in [-0.05, 0) is 43.4 Å². The van der Waals surface area contributed by atoms with Crippen molar-refractivity contribution in [1.29, 1.82) is 0 Å². The fourth-order valence-electron chi connectivity index (χ4n) is 11.1. The van der Waals surface area contributed by atoms with Gasteiger partial charge in [-0.15, -0.1) is 0 Å². The molecule has 0 saturated carbocycles. The van der Waals surface area contributed by atoms with Gasteiger partial charge in [-0.1, -0.05) is 318 Å². The highest BCUT2D eigenvalue weighted by Gasteiger charge is 2.30. The molecule has 3 N–H and O–H groups in total. The predicted molar refractivity (Wildman–Crippen MR) is 372 cm³/mol. The van der Waals surface area contributed by atoms with E-state index in [1.54, 1.807) is 0 Å². The van der Waals surface area contributed by atoms with E-state index in [1.165, 1.54) is 180 Å². The summed E-state index contributed by atoms with van der Waals surface area (Å²) in [4.78, 5) is 72.7. The Morgan fingerprint density at radius 2 is 0.500 bits per heavy atom. The summed E-state index contributed by atoms with van der Waals surface area (Å²) in [7, 11) is -9.91. The molecular weight excluding hydrogens is 1210 g/mol. The molecule has 19 heteroatoms. The van der Waals surface area contributed by atoms with Crippen molar-refractivity contribution < 1.29 is 80.2 Å². The van der Waals surface area contributed by atoms with Crippen LogP contribution in [0.1, 0.15) is 370 Å². The number of aliphatic hydroxyl groups excluding tert-OH is 1. The fraction of sp³-hybridized carbons (Fsp3) is 0.945. The summed E-state index contributed by atoms with van der Waals surface area (Å²) in [5.41, 5.74) is 0. The number of hydrogen-bond donors (Lipinski definition) is 3. The summed E-state index contributed by atoms with van der Waals surface area (Å²) in [6.07, 6.45) is 48.5. The van der Waals surface area contributed by atoms with Crippen molar-refractivity contribution in [1.82, 2.24) is 0 Å². The van der Waals surface area contributed by atoms with Gasteiger partial charge in [0.1, 0.15) is 19.3 Å². The van der Waals surface area contributed by atoms with Crippen LogP contribution in [0, 0.1) is 17.8 Å². The van der Waals surface area contributed by atoms with Crippen LogP contribution < -0.4 is 0 Å². The first-order valence-corrected chi connectivity index (χ1v) is 40.8. The highest BCUT2D eigenvalue weighted by Crippen LogP contribution is 2.45. The van der Waals surface area contributed by atoms with E-state index < -0.39 is 97.5 Å².